The van der Waals surface area contributed by atoms with Crippen LogP contribution in [0.15, 0.2) is 103 Å². The molecule has 6 atom stereocenters. The van der Waals surface area contributed by atoms with Gasteiger partial charge in [0.25, 0.3) is 0 Å². The maximum absolute atomic E-state index is 2.71. The van der Waals surface area contributed by atoms with Gasteiger partial charge < -0.3 is 4.90 Å². The molecule has 1 heteroatoms. The summed E-state index contributed by atoms with van der Waals surface area (Å²) in [5.41, 5.74) is 20.0. The standard InChI is InChI=1S/C51H51N/c1-47(2)23-24-48(3,4)40-28-32(21-22-37(40)47)52(41-19-11-17-38-45(41)33-13-7-9-15-35(33)49(38,5)6)42-20-12-18-39-46(42)34-14-8-10-16-36(34)51(39)43-26-30-25-31-27-44(51)50(31,43)29-30/h7-22,28,30-31,43-44H,23-27,29H2,1-6H3. The zero-order valence-corrected chi connectivity index (χ0v) is 31.8. The van der Waals surface area contributed by atoms with E-state index < -0.39 is 0 Å². The molecule has 5 aromatic carbocycles. The lowest BCUT2D eigenvalue weighted by Crippen LogP contribution is -2.73. The Labute approximate surface area is 310 Å². The van der Waals surface area contributed by atoms with Crippen LogP contribution in [-0.2, 0) is 21.7 Å². The molecular weight excluding hydrogens is 627 g/mol. The molecule has 0 aliphatic heterocycles. The topological polar surface area (TPSA) is 3.24 Å². The fraction of sp³-hybridized carbons (Fsp3) is 0.412. The fourth-order valence-electron chi connectivity index (χ4n) is 14.6. The molecule has 0 amide bonds. The van der Waals surface area contributed by atoms with Crippen LogP contribution in [0, 0.1) is 29.1 Å². The lowest BCUT2D eigenvalue weighted by molar-refractivity contribution is -0.231. The molecule has 4 fully saturated rings. The number of nitrogens with zero attached hydrogens (tertiary/aromatic N) is 1. The molecular formula is C51H51N. The average Bonchev–Trinajstić information content (AvgIpc) is 3.83. The summed E-state index contributed by atoms with van der Waals surface area (Å²) in [6, 6.07) is 41.0. The van der Waals surface area contributed by atoms with Crippen LogP contribution in [0.25, 0.3) is 22.3 Å². The predicted octanol–water partition coefficient (Wildman–Crippen LogP) is 13.1. The van der Waals surface area contributed by atoms with Crippen molar-refractivity contribution < 1.29 is 0 Å². The van der Waals surface area contributed by atoms with Crippen molar-refractivity contribution in [1.29, 1.82) is 0 Å². The second-order valence-electron chi connectivity index (χ2n) is 20.0. The first-order valence-electron chi connectivity index (χ1n) is 20.4. The summed E-state index contributed by atoms with van der Waals surface area (Å²) in [5, 5.41) is 0. The van der Waals surface area contributed by atoms with E-state index in [1.54, 1.807) is 11.1 Å². The quantitative estimate of drug-likeness (QED) is 0.184. The van der Waals surface area contributed by atoms with E-state index >= 15 is 0 Å². The van der Waals surface area contributed by atoms with Crippen LogP contribution in [0.4, 0.5) is 17.1 Å². The Kier molecular flexibility index (Phi) is 5.45. The van der Waals surface area contributed by atoms with Crippen LogP contribution in [0.2, 0.25) is 0 Å². The lowest BCUT2D eigenvalue weighted by Gasteiger charge is -2.76. The van der Waals surface area contributed by atoms with Crippen LogP contribution < -0.4 is 4.90 Å². The van der Waals surface area contributed by atoms with E-state index in [2.05, 4.69) is 150 Å². The largest absolute Gasteiger partial charge is 0.309 e. The molecule has 2 bridgehead atoms. The monoisotopic (exact) mass is 677 g/mol. The third-order valence-electron chi connectivity index (χ3n) is 16.8. The van der Waals surface area contributed by atoms with Gasteiger partial charge in [0.1, 0.15) is 0 Å². The summed E-state index contributed by atoms with van der Waals surface area (Å²) >= 11 is 0. The highest BCUT2D eigenvalue weighted by Crippen LogP contribution is 2.90. The van der Waals surface area contributed by atoms with E-state index in [1.807, 2.05) is 0 Å². The third kappa shape index (κ3) is 3.24. The van der Waals surface area contributed by atoms with E-state index in [-0.39, 0.29) is 21.7 Å². The third-order valence-corrected chi connectivity index (χ3v) is 16.8. The van der Waals surface area contributed by atoms with Crippen molar-refractivity contribution in [2.75, 3.05) is 4.90 Å². The smallest absolute Gasteiger partial charge is 0.0543 e. The summed E-state index contributed by atoms with van der Waals surface area (Å²) in [6.07, 6.45) is 8.32. The Morgan fingerprint density at radius 3 is 1.85 bits per heavy atom. The highest BCUT2D eigenvalue weighted by Gasteiger charge is 2.84. The van der Waals surface area contributed by atoms with Gasteiger partial charge in [-0.2, -0.15) is 0 Å². The number of rotatable bonds is 3. The van der Waals surface area contributed by atoms with Crippen molar-refractivity contribution in [3.8, 4) is 22.3 Å². The van der Waals surface area contributed by atoms with Gasteiger partial charge >= 0.3 is 0 Å². The van der Waals surface area contributed by atoms with Gasteiger partial charge in [-0.15, -0.1) is 0 Å². The number of anilines is 3. The zero-order chi connectivity index (χ0) is 35.2. The number of benzene rings is 5. The molecule has 0 aromatic heterocycles. The zero-order valence-electron chi connectivity index (χ0n) is 31.8. The summed E-state index contributed by atoms with van der Waals surface area (Å²) in [6.45, 7) is 14.7. The molecule has 52 heavy (non-hydrogen) atoms. The molecule has 12 rings (SSSR count). The van der Waals surface area contributed by atoms with Crippen molar-refractivity contribution in [3.05, 3.63) is 137 Å². The maximum atomic E-state index is 2.71. The van der Waals surface area contributed by atoms with Crippen LogP contribution in [-0.4, -0.2) is 0 Å². The molecule has 260 valence electrons. The Morgan fingerprint density at radius 2 is 1.12 bits per heavy atom. The maximum Gasteiger partial charge on any atom is 0.0543 e. The first-order valence-corrected chi connectivity index (χ1v) is 20.4. The molecule has 4 saturated carbocycles. The summed E-state index contributed by atoms with van der Waals surface area (Å²) < 4.78 is 0. The molecule has 0 heterocycles. The molecule has 0 saturated heterocycles. The van der Waals surface area contributed by atoms with Crippen molar-refractivity contribution in [2.45, 2.75) is 102 Å². The van der Waals surface area contributed by atoms with E-state index in [1.165, 1.54) is 100 Å². The minimum Gasteiger partial charge on any atom is -0.309 e. The Morgan fingerprint density at radius 1 is 0.519 bits per heavy atom. The van der Waals surface area contributed by atoms with E-state index in [0.717, 1.165) is 23.7 Å². The highest BCUT2D eigenvalue weighted by atomic mass is 15.2. The molecule has 2 spiro atoms. The van der Waals surface area contributed by atoms with Crippen LogP contribution in [0.5, 0.6) is 0 Å². The van der Waals surface area contributed by atoms with Gasteiger partial charge in [0.05, 0.1) is 11.4 Å². The van der Waals surface area contributed by atoms with Crippen LogP contribution in [0.3, 0.4) is 0 Å². The molecule has 7 aliphatic rings. The van der Waals surface area contributed by atoms with Crippen molar-refractivity contribution in [1.82, 2.24) is 0 Å². The summed E-state index contributed by atoms with van der Waals surface area (Å²) in [5.74, 6) is 3.54. The number of hydrogen-bond donors (Lipinski definition) is 0. The van der Waals surface area contributed by atoms with Gasteiger partial charge in [-0.3, -0.25) is 0 Å². The van der Waals surface area contributed by atoms with Crippen LogP contribution in [0.1, 0.15) is 113 Å². The normalized spacial score (nSPS) is 31.8. The summed E-state index contributed by atoms with van der Waals surface area (Å²) in [4.78, 5) is 2.71. The Balaban J connectivity index is 1.15. The van der Waals surface area contributed by atoms with Gasteiger partial charge in [0, 0.05) is 27.6 Å². The van der Waals surface area contributed by atoms with E-state index in [4.69, 9.17) is 0 Å². The predicted molar refractivity (Wildman–Crippen MR) is 215 cm³/mol. The van der Waals surface area contributed by atoms with Crippen molar-refractivity contribution >= 4 is 17.1 Å². The van der Waals surface area contributed by atoms with Gasteiger partial charge in [-0.25, -0.2) is 0 Å². The minimum atomic E-state index is -0.0619. The van der Waals surface area contributed by atoms with Gasteiger partial charge in [0.2, 0.25) is 0 Å². The second kappa shape index (κ2) is 9.33. The second-order valence-corrected chi connectivity index (χ2v) is 20.0. The van der Waals surface area contributed by atoms with Crippen molar-refractivity contribution in [2.24, 2.45) is 29.1 Å². The van der Waals surface area contributed by atoms with E-state index in [9.17, 15) is 0 Å². The molecule has 7 aliphatic carbocycles. The SMILES string of the molecule is CC1(C)CCC(C)(C)c2cc(N(c3cccc4c3-c3ccccc3C4(C)C)c3cccc4c3-c3ccccc3C43C4CC5CC6CC3C64C5)ccc21. The van der Waals surface area contributed by atoms with Gasteiger partial charge in [-0.1, -0.05) is 120 Å². The van der Waals surface area contributed by atoms with Crippen LogP contribution >= 0.6 is 0 Å². The summed E-state index contributed by atoms with van der Waals surface area (Å²) in [7, 11) is 0. The van der Waals surface area contributed by atoms with Crippen molar-refractivity contribution in [3.63, 3.8) is 0 Å². The lowest BCUT2D eigenvalue weighted by atomic mass is 9.27. The highest BCUT2D eigenvalue weighted by molar-refractivity contribution is 6.00. The first-order chi connectivity index (χ1) is 25.0. The molecule has 0 radical (unpaired) electrons. The molecule has 5 aromatic rings. The molecule has 6 unspecified atom stereocenters. The minimum absolute atomic E-state index is 0.0619. The molecule has 0 N–H and O–H groups in total. The fourth-order valence-corrected chi connectivity index (χ4v) is 14.6. The molecule has 1 nitrogen and oxygen atoms in total. The first kappa shape index (κ1) is 30.4. The Hall–Kier alpha value is -4.10. The number of fused-ring (bicyclic) bond motifs is 12. The van der Waals surface area contributed by atoms with Gasteiger partial charge in [0.15, 0.2) is 0 Å². The Bertz CT molecular complexity index is 2410. The van der Waals surface area contributed by atoms with Gasteiger partial charge in [-0.05, 0) is 147 Å². The average molecular weight is 678 g/mol. The van der Waals surface area contributed by atoms with E-state index in [0.29, 0.717) is 5.41 Å². The number of hydrogen-bond acceptors (Lipinski definition) is 1.